The molecule has 3 aliphatic carbocycles. The summed E-state index contributed by atoms with van der Waals surface area (Å²) in [5.74, 6) is 1.33. The SMILES string of the molecule is Cl[Si](Cl)(Cl)C1CCC(C2(C3CCC([Si](Cl)(Cl)Cl)CC3)CCC([Si](Cl)(Cl)Cl)CC2)CC1. The number of halogens is 9. The molecule has 0 radical (unpaired) electrons. The number of hydrogen-bond donors (Lipinski definition) is 0. The summed E-state index contributed by atoms with van der Waals surface area (Å²) < 4.78 is 0. The molecule has 0 aromatic heterocycles. The molecule has 0 aromatic carbocycles. The molecule has 0 aromatic rings. The van der Waals surface area contributed by atoms with Gasteiger partial charge in [-0.2, -0.15) is 0 Å². The van der Waals surface area contributed by atoms with E-state index in [2.05, 4.69) is 0 Å². The van der Waals surface area contributed by atoms with Crippen molar-refractivity contribution < 1.29 is 0 Å². The minimum atomic E-state index is -2.67. The molecule has 3 aliphatic rings. The lowest BCUT2D eigenvalue weighted by Crippen LogP contribution is -2.45. The second kappa shape index (κ2) is 10.7. The molecule has 0 N–H and O–H groups in total. The quantitative estimate of drug-likeness (QED) is 0.206. The van der Waals surface area contributed by atoms with Crippen LogP contribution in [0, 0.1) is 17.3 Å². The minimum Gasteiger partial charge on any atom is -0.126 e. The number of rotatable bonds is 5. The molecule has 0 nitrogen and oxygen atoms in total. The van der Waals surface area contributed by atoms with Crippen molar-refractivity contribution in [3.8, 4) is 0 Å². The third kappa shape index (κ3) is 6.72. The van der Waals surface area contributed by atoms with Crippen LogP contribution < -0.4 is 0 Å². The molecule has 30 heavy (non-hydrogen) atoms. The van der Waals surface area contributed by atoms with Crippen molar-refractivity contribution in [3.63, 3.8) is 0 Å². The summed E-state index contributed by atoms with van der Waals surface area (Å²) >= 11 is 57.3. The number of hydrogen-bond acceptors (Lipinski definition) is 0. The Balaban J connectivity index is 1.74. The molecule has 0 saturated heterocycles. The van der Waals surface area contributed by atoms with E-state index < -0.39 is 18.0 Å². The van der Waals surface area contributed by atoms with Gasteiger partial charge in [0.15, 0.2) is 0 Å². The maximum atomic E-state index is 6.41. The molecule has 3 saturated carbocycles. The van der Waals surface area contributed by atoms with Gasteiger partial charge in [0.25, 0.3) is 0 Å². The molecular weight excluding hydrogens is 620 g/mol. The van der Waals surface area contributed by atoms with E-state index in [9.17, 15) is 0 Å². The first kappa shape index (κ1) is 27.8. The maximum Gasteiger partial charge on any atom is 0.344 e. The van der Waals surface area contributed by atoms with E-state index in [1.807, 2.05) is 0 Å². The Morgan fingerprint density at radius 3 is 0.933 bits per heavy atom. The molecule has 0 spiro atoms. The Morgan fingerprint density at radius 2 is 0.667 bits per heavy atom. The second-order valence-electron chi connectivity index (χ2n) is 9.73. The summed E-state index contributed by atoms with van der Waals surface area (Å²) in [6, 6.07) is -7.94. The van der Waals surface area contributed by atoms with Gasteiger partial charge in [-0.1, -0.05) is 0 Å². The second-order valence-corrected chi connectivity index (χ2v) is 36.7. The van der Waals surface area contributed by atoms with E-state index in [1.54, 1.807) is 0 Å². The van der Waals surface area contributed by atoms with Gasteiger partial charge < -0.3 is 0 Å². The normalized spacial score (nSPS) is 39.7. The fraction of sp³-hybridized carbons (Fsp3) is 1.00. The highest BCUT2D eigenvalue weighted by atomic mass is 35.9. The summed E-state index contributed by atoms with van der Waals surface area (Å²) in [7, 11) is 0. The molecule has 0 amide bonds. The zero-order valence-corrected chi connectivity index (χ0v) is 26.6. The van der Waals surface area contributed by atoms with Crippen molar-refractivity contribution in [1.82, 2.24) is 0 Å². The van der Waals surface area contributed by atoms with Crippen LogP contribution in [0.4, 0.5) is 0 Å². The molecule has 0 atom stereocenters. The Labute approximate surface area is 226 Å². The van der Waals surface area contributed by atoms with E-state index in [0.29, 0.717) is 17.3 Å². The molecule has 0 heterocycles. The summed E-state index contributed by atoms with van der Waals surface area (Å²) in [5.41, 5.74) is 1.14. The predicted octanol–water partition coefficient (Wildman–Crippen LogP) is 11.0. The Morgan fingerprint density at radius 1 is 0.400 bits per heavy atom. The van der Waals surface area contributed by atoms with E-state index in [-0.39, 0.29) is 16.6 Å². The highest BCUT2D eigenvalue weighted by Gasteiger charge is 2.53. The van der Waals surface area contributed by atoms with Crippen LogP contribution in [0.25, 0.3) is 0 Å². The van der Waals surface area contributed by atoms with Crippen LogP contribution in [-0.2, 0) is 0 Å². The molecule has 0 bridgehead atoms. The third-order valence-electron chi connectivity index (χ3n) is 8.39. The fourth-order valence-corrected chi connectivity index (χ4v) is 15.4. The van der Waals surface area contributed by atoms with Gasteiger partial charge >= 0.3 is 18.0 Å². The van der Waals surface area contributed by atoms with Crippen LogP contribution in [0.15, 0.2) is 0 Å². The Hall–Kier alpha value is 3.26. The lowest BCUT2D eigenvalue weighted by molar-refractivity contribution is -0.0125. The Bertz CT molecular complexity index is 527. The van der Waals surface area contributed by atoms with Crippen LogP contribution in [0.3, 0.4) is 0 Å². The topological polar surface area (TPSA) is 0 Å². The van der Waals surface area contributed by atoms with Gasteiger partial charge in [-0.3, -0.25) is 0 Å². The highest BCUT2D eigenvalue weighted by Crippen LogP contribution is 2.63. The van der Waals surface area contributed by atoms with Gasteiger partial charge in [0.1, 0.15) is 0 Å². The zero-order chi connectivity index (χ0) is 22.4. The maximum absolute atomic E-state index is 6.41. The molecular formula is C18H29Cl9Si3. The van der Waals surface area contributed by atoms with Crippen LogP contribution in [0.1, 0.15) is 77.0 Å². The Kier molecular flexibility index (Phi) is 9.94. The van der Waals surface area contributed by atoms with Gasteiger partial charge in [0.2, 0.25) is 0 Å². The summed E-state index contributed by atoms with van der Waals surface area (Å²) in [5, 5.41) is 0. The van der Waals surface area contributed by atoms with Crippen molar-refractivity contribution in [3.05, 3.63) is 0 Å². The largest absolute Gasteiger partial charge is 0.344 e. The van der Waals surface area contributed by atoms with E-state index >= 15 is 0 Å². The standard InChI is InChI=1S/C18H29Cl9Si3/c19-28(20,21)15-5-1-13(2-6-15)18(11-9-17(10-12-18)30(25,26)27)14-3-7-16(8-4-14)29(22,23)24/h13-17H,1-12H2. The first-order chi connectivity index (χ1) is 13.7. The van der Waals surface area contributed by atoms with Crippen molar-refractivity contribution in [1.29, 1.82) is 0 Å². The zero-order valence-electron chi connectivity index (χ0n) is 16.8. The predicted molar refractivity (Wildman–Crippen MR) is 146 cm³/mol. The van der Waals surface area contributed by atoms with Crippen molar-refractivity contribution in [2.45, 2.75) is 93.7 Å². The lowest BCUT2D eigenvalue weighted by Gasteiger charge is -2.54. The van der Waals surface area contributed by atoms with Gasteiger partial charge in [0, 0.05) is 0 Å². The van der Waals surface area contributed by atoms with Gasteiger partial charge in [-0.05, 0) is 111 Å². The van der Waals surface area contributed by atoms with Crippen LogP contribution in [0.2, 0.25) is 16.6 Å². The molecule has 0 unspecified atom stereocenters. The lowest BCUT2D eigenvalue weighted by atomic mass is 9.53. The summed E-state index contributed by atoms with van der Waals surface area (Å²) in [6.45, 7) is 0. The van der Waals surface area contributed by atoms with Gasteiger partial charge in [-0.25, -0.2) is 0 Å². The van der Waals surface area contributed by atoms with E-state index in [4.69, 9.17) is 99.7 Å². The van der Waals surface area contributed by atoms with E-state index in [1.165, 1.54) is 0 Å². The van der Waals surface area contributed by atoms with Gasteiger partial charge in [0.05, 0.1) is 0 Å². The van der Waals surface area contributed by atoms with Crippen LogP contribution in [0.5, 0.6) is 0 Å². The third-order valence-corrected chi connectivity index (χ3v) is 21.2. The molecule has 0 aliphatic heterocycles. The summed E-state index contributed by atoms with van der Waals surface area (Å²) in [4.78, 5) is 0. The first-order valence-corrected chi connectivity index (χ1v) is 26.3. The molecule has 12 heteroatoms. The van der Waals surface area contributed by atoms with Gasteiger partial charge in [-0.15, -0.1) is 99.7 Å². The van der Waals surface area contributed by atoms with E-state index in [0.717, 1.165) is 77.0 Å². The summed E-state index contributed by atoms with van der Waals surface area (Å²) in [6.07, 6.45) is 13.1. The van der Waals surface area contributed by atoms with Crippen molar-refractivity contribution >= 4 is 118 Å². The molecule has 176 valence electrons. The van der Waals surface area contributed by atoms with Crippen molar-refractivity contribution in [2.75, 3.05) is 0 Å². The monoisotopic (exact) mass is 644 g/mol. The average Bonchev–Trinajstić information content (AvgIpc) is 2.66. The molecule has 3 fully saturated rings. The smallest absolute Gasteiger partial charge is 0.126 e. The highest BCUT2D eigenvalue weighted by molar-refractivity contribution is 7.66. The fourth-order valence-electron chi connectivity index (χ4n) is 6.62. The first-order valence-electron chi connectivity index (χ1n) is 10.9. The van der Waals surface area contributed by atoms with Crippen LogP contribution >= 0.6 is 99.7 Å². The van der Waals surface area contributed by atoms with Crippen molar-refractivity contribution in [2.24, 2.45) is 17.3 Å². The van der Waals surface area contributed by atoms with Crippen LogP contribution in [-0.4, -0.2) is 18.0 Å². The average molecular weight is 649 g/mol. The molecule has 3 rings (SSSR count). The minimum absolute atomic E-state index is 0.269.